The Morgan fingerprint density at radius 3 is 2.76 bits per heavy atom. The maximum absolute atomic E-state index is 11.6. The molecule has 1 rings (SSSR count). The molecule has 0 aliphatic carbocycles. The third kappa shape index (κ3) is 5.47. The zero-order chi connectivity index (χ0) is 12.7. The summed E-state index contributed by atoms with van der Waals surface area (Å²) in [7, 11) is -2.98. The standard InChI is InChI=1S/C10H20N2O4S/c11-3-6-16-5-1-4-12-10(13)9-2-7-17(14,15)8-9/h9H,1-8,11H2,(H,12,13). The predicted molar refractivity (Wildman–Crippen MR) is 64.3 cm³/mol. The molecule has 1 unspecified atom stereocenters. The van der Waals surface area contributed by atoms with E-state index in [9.17, 15) is 13.2 Å². The highest BCUT2D eigenvalue weighted by atomic mass is 32.2. The van der Waals surface area contributed by atoms with Crippen molar-refractivity contribution >= 4 is 15.7 Å². The first-order valence-electron chi connectivity index (χ1n) is 5.81. The number of sulfone groups is 1. The lowest BCUT2D eigenvalue weighted by Gasteiger charge is -2.09. The Balaban J connectivity index is 2.10. The molecule has 1 heterocycles. The van der Waals surface area contributed by atoms with Crippen molar-refractivity contribution in [1.29, 1.82) is 0 Å². The van der Waals surface area contributed by atoms with Gasteiger partial charge in [-0.3, -0.25) is 4.79 Å². The van der Waals surface area contributed by atoms with Crippen LogP contribution in [0, 0.1) is 5.92 Å². The normalized spacial score (nSPS) is 22.5. The molecule has 100 valence electrons. The van der Waals surface area contributed by atoms with E-state index in [1.807, 2.05) is 0 Å². The summed E-state index contributed by atoms with van der Waals surface area (Å²) >= 11 is 0. The Kier molecular flexibility index (Phi) is 5.87. The smallest absolute Gasteiger partial charge is 0.224 e. The van der Waals surface area contributed by atoms with Gasteiger partial charge in [0.25, 0.3) is 0 Å². The first-order chi connectivity index (χ1) is 8.05. The summed E-state index contributed by atoms with van der Waals surface area (Å²) in [6.45, 7) is 2.08. The number of hydrogen-bond acceptors (Lipinski definition) is 5. The van der Waals surface area contributed by atoms with Crippen LogP contribution >= 0.6 is 0 Å². The highest BCUT2D eigenvalue weighted by molar-refractivity contribution is 7.91. The van der Waals surface area contributed by atoms with E-state index in [-0.39, 0.29) is 23.3 Å². The third-order valence-electron chi connectivity index (χ3n) is 2.63. The highest BCUT2D eigenvalue weighted by Gasteiger charge is 2.32. The molecule has 1 fully saturated rings. The lowest BCUT2D eigenvalue weighted by Crippen LogP contribution is -2.32. The lowest BCUT2D eigenvalue weighted by atomic mass is 10.1. The number of hydrogen-bond donors (Lipinski definition) is 2. The number of carbonyl (C=O) groups excluding carboxylic acids is 1. The van der Waals surface area contributed by atoms with Crippen molar-refractivity contribution in [3.8, 4) is 0 Å². The topological polar surface area (TPSA) is 98.5 Å². The Morgan fingerprint density at radius 1 is 1.41 bits per heavy atom. The van der Waals surface area contributed by atoms with Crippen LogP contribution in [0.5, 0.6) is 0 Å². The van der Waals surface area contributed by atoms with E-state index in [1.165, 1.54) is 0 Å². The maximum atomic E-state index is 11.6. The van der Waals surface area contributed by atoms with Crippen LogP contribution in [0.4, 0.5) is 0 Å². The second kappa shape index (κ2) is 6.93. The summed E-state index contributed by atoms with van der Waals surface area (Å²) in [6, 6.07) is 0. The Hall–Kier alpha value is -0.660. The first-order valence-corrected chi connectivity index (χ1v) is 7.63. The van der Waals surface area contributed by atoms with Crippen LogP contribution in [-0.4, -0.2) is 52.1 Å². The van der Waals surface area contributed by atoms with Crippen LogP contribution in [-0.2, 0) is 19.4 Å². The average Bonchev–Trinajstić information content (AvgIpc) is 2.64. The molecule has 3 N–H and O–H groups in total. The van der Waals surface area contributed by atoms with Crippen molar-refractivity contribution in [2.24, 2.45) is 11.7 Å². The van der Waals surface area contributed by atoms with Crippen molar-refractivity contribution in [3.05, 3.63) is 0 Å². The largest absolute Gasteiger partial charge is 0.380 e. The van der Waals surface area contributed by atoms with Gasteiger partial charge in [0.2, 0.25) is 5.91 Å². The van der Waals surface area contributed by atoms with Crippen LogP contribution in [0.1, 0.15) is 12.8 Å². The number of amides is 1. The molecule has 0 aromatic rings. The summed E-state index contributed by atoms with van der Waals surface area (Å²) in [6.07, 6.45) is 1.16. The summed E-state index contributed by atoms with van der Waals surface area (Å²) in [5, 5.41) is 2.72. The van der Waals surface area contributed by atoms with Gasteiger partial charge in [-0.15, -0.1) is 0 Å². The fraction of sp³-hybridized carbons (Fsp3) is 0.900. The van der Waals surface area contributed by atoms with E-state index in [1.54, 1.807) is 0 Å². The van der Waals surface area contributed by atoms with Gasteiger partial charge < -0.3 is 15.8 Å². The van der Waals surface area contributed by atoms with E-state index in [4.69, 9.17) is 10.5 Å². The average molecular weight is 264 g/mol. The number of carbonyl (C=O) groups is 1. The molecule has 0 bridgehead atoms. The molecule has 0 saturated carbocycles. The zero-order valence-corrected chi connectivity index (χ0v) is 10.7. The number of ether oxygens (including phenoxy) is 1. The summed E-state index contributed by atoms with van der Waals surface area (Å²) in [5.41, 5.74) is 5.25. The molecule has 0 aromatic heterocycles. The lowest BCUT2D eigenvalue weighted by molar-refractivity contribution is -0.124. The minimum absolute atomic E-state index is 0.0114. The molecule has 0 radical (unpaired) electrons. The fourth-order valence-electron chi connectivity index (χ4n) is 1.72. The molecule has 0 spiro atoms. The van der Waals surface area contributed by atoms with Gasteiger partial charge in [-0.2, -0.15) is 0 Å². The summed E-state index contributed by atoms with van der Waals surface area (Å²) in [4.78, 5) is 11.6. The number of rotatable bonds is 7. The van der Waals surface area contributed by atoms with Crippen LogP contribution in [0.2, 0.25) is 0 Å². The number of nitrogens with one attached hydrogen (secondary N) is 1. The van der Waals surface area contributed by atoms with Gasteiger partial charge in [0, 0.05) is 19.7 Å². The Bertz CT molecular complexity index is 342. The molecular formula is C10H20N2O4S. The molecule has 1 aliphatic heterocycles. The van der Waals surface area contributed by atoms with Crippen LogP contribution < -0.4 is 11.1 Å². The Labute approximate surface area is 102 Å². The van der Waals surface area contributed by atoms with Crippen LogP contribution in [0.15, 0.2) is 0 Å². The van der Waals surface area contributed by atoms with E-state index in [0.29, 0.717) is 39.1 Å². The second-order valence-corrected chi connectivity index (χ2v) is 6.37. The van der Waals surface area contributed by atoms with Crippen molar-refractivity contribution < 1.29 is 17.9 Å². The van der Waals surface area contributed by atoms with E-state index >= 15 is 0 Å². The van der Waals surface area contributed by atoms with Gasteiger partial charge in [0.15, 0.2) is 9.84 Å². The molecule has 1 amide bonds. The molecule has 1 atom stereocenters. The maximum Gasteiger partial charge on any atom is 0.224 e. The first kappa shape index (κ1) is 14.4. The third-order valence-corrected chi connectivity index (χ3v) is 4.40. The van der Waals surface area contributed by atoms with E-state index in [0.717, 1.165) is 0 Å². The summed E-state index contributed by atoms with van der Waals surface area (Å²) in [5.74, 6) is -0.414. The number of nitrogens with two attached hydrogens (primary N) is 1. The van der Waals surface area contributed by atoms with Crippen molar-refractivity contribution in [1.82, 2.24) is 5.32 Å². The van der Waals surface area contributed by atoms with E-state index in [2.05, 4.69) is 5.32 Å². The Morgan fingerprint density at radius 2 is 2.18 bits per heavy atom. The molecule has 7 heteroatoms. The quantitative estimate of drug-likeness (QED) is 0.569. The second-order valence-electron chi connectivity index (χ2n) is 4.15. The molecule has 6 nitrogen and oxygen atoms in total. The van der Waals surface area contributed by atoms with Gasteiger partial charge in [0.1, 0.15) is 0 Å². The van der Waals surface area contributed by atoms with Crippen molar-refractivity contribution in [3.63, 3.8) is 0 Å². The molecule has 1 aliphatic rings. The molecule has 17 heavy (non-hydrogen) atoms. The SMILES string of the molecule is NCCOCCCNC(=O)C1CCS(=O)(=O)C1. The zero-order valence-electron chi connectivity index (χ0n) is 9.85. The van der Waals surface area contributed by atoms with Crippen molar-refractivity contribution in [2.75, 3.05) is 37.8 Å². The van der Waals surface area contributed by atoms with Gasteiger partial charge in [-0.25, -0.2) is 8.42 Å². The summed E-state index contributed by atoms with van der Waals surface area (Å²) < 4.78 is 27.5. The molecular weight excluding hydrogens is 244 g/mol. The minimum Gasteiger partial charge on any atom is -0.380 e. The highest BCUT2D eigenvalue weighted by Crippen LogP contribution is 2.18. The van der Waals surface area contributed by atoms with E-state index < -0.39 is 9.84 Å². The minimum atomic E-state index is -2.98. The van der Waals surface area contributed by atoms with Crippen molar-refractivity contribution in [2.45, 2.75) is 12.8 Å². The van der Waals surface area contributed by atoms with Gasteiger partial charge in [-0.1, -0.05) is 0 Å². The molecule has 1 saturated heterocycles. The fourth-order valence-corrected chi connectivity index (χ4v) is 3.46. The monoisotopic (exact) mass is 264 g/mol. The van der Waals surface area contributed by atoms with Gasteiger partial charge in [0.05, 0.1) is 24.0 Å². The molecule has 0 aromatic carbocycles. The van der Waals surface area contributed by atoms with Crippen LogP contribution in [0.3, 0.4) is 0 Å². The van der Waals surface area contributed by atoms with Crippen LogP contribution in [0.25, 0.3) is 0 Å². The predicted octanol–water partition coefficient (Wildman–Crippen LogP) is -1.10. The van der Waals surface area contributed by atoms with Gasteiger partial charge >= 0.3 is 0 Å². The van der Waals surface area contributed by atoms with Gasteiger partial charge in [-0.05, 0) is 12.8 Å².